The molecule has 0 saturated carbocycles. The molecule has 1 aliphatic rings. The van der Waals surface area contributed by atoms with E-state index in [2.05, 4.69) is 238 Å². The molecule has 0 radical (unpaired) electrons. The summed E-state index contributed by atoms with van der Waals surface area (Å²) in [6.45, 7) is 8.29. The summed E-state index contributed by atoms with van der Waals surface area (Å²) in [6.07, 6.45) is 0. The lowest BCUT2D eigenvalue weighted by Crippen LogP contribution is -2.41. The van der Waals surface area contributed by atoms with Crippen LogP contribution in [0.15, 0.2) is 377 Å². The quantitative estimate of drug-likeness (QED) is 0.107. The molecule has 1 aliphatic heterocycles. The smallest absolute Gasteiger partial charge is 0.452 e. The van der Waals surface area contributed by atoms with Gasteiger partial charge in [-0.05, 0) is 139 Å². The number of para-hydroxylation sites is 4. The van der Waals surface area contributed by atoms with Gasteiger partial charge in [0, 0.05) is 70.5 Å². The Balaban J connectivity index is 0.000000125. The Morgan fingerprint density at radius 1 is 0.241 bits per heavy atom. The van der Waals surface area contributed by atoms with Crippen molar-refractivity contribution in [2.45, 2.75) is 38.9 Å². The fourth-order valence-corrected chi connectivity index (χ4v) is 15.3. The van der Waals surface area contributed by atoms with Crippen LogP contribution in [0.3, 0.4) is 0 Å². The van der Waals surface area contributed by atoms with Gasteiger partial charge in [-0.3, -0.25) is 0 Å². The van der Waals surface area contributed by atoms with Crippen LogP contribution in [0.5, 0.6) is 0 Å². The van der Waals surface area contributed by atoms with Crippen molar-refractivity contribution in [1.29, 1.82) is 0 Å². The molecule has 1 fully saturated rings. The molecule has 14 heteroatoms. The normalized spacial score (nSPS) is 12.9. The third-order valence-electron chi connectivity index (χ3n) is 21.6. The molecular weight excluding hydrogens is 1490 g/mol. The Hall–Kier alpha value is -14.0. The molecule has 20 aromatic rings. The lowest BCUT2D eigenvalue weighted by molar-refractivity contribution is 0.00578. The van der Waals surface area contributed by atoms with Gasteiger partial charge in [0.2, 0.25) is 0 Å². The zero-order valence-corrected chi connectivity index (χ0v) is 65.4. The highest BCUT2D eigenvalue weighted by Gasteiger charge is 2.51. The Morgan fingerprint density at radius 2 is 0.526 bits per heavy atom. The highest BCUT2D eigenvalue weighted by atomic mass is 79.9. The van der Waals surface area contributed by atoms with Crippen LogP contribution in [0.1, 0.15) is 27.7 Å². The summed E-state index contributed by atoms with van der Waals surface area (Å²) in [5.74, 6) is 2.75. The second-order valence-corrected chi connectivity index (χ2v) is 30.6. The van der Waals surface area contributed by atoms with E-state index in [1.54, 1.807) is 0 Å². The van der Waals surface area contributed by atoms with Gasteiger partial charge in [0.05, 0.1) is 33.6 Å². The zero-order valence-electron chi connectivity index (χ0n) is 63.8. The van der Waals surface area contributed by atoms with Gasteiger partial charge in [-0.25, -0.2) is 39.9 Å². The van der Waals surface area contributed by atoms with Gasteiger partial charge in [-0.15, -0.1) is 0 Å². The molecule has 1 saturated heterocycles. The standard InChI is InChI=1S/C48H30N4O.C34H29BN2O3.C20H13BrN2/c1-3-14-31(15-4-1)43-39-24-7-9-26-41(39)49-47(50-43)37-22-12-20-35(29-37)33-18-11-19-34(28-33)36-21-13-23-38(30-36)48-51-44(32-16-5-2-6-17-32)46-45(52-48)40-25-8-10-27-42(40)53-46;1-33(2)34(3,4)40-35(39-33)26-17-11-15-24(21-26)23-14-10-16-25(20-23)32-36-29(22-12-6-5-7-13-22)31-30(37-32)27-18-8-9-19-28(27)38-31;21-16-10-6-9-15(13-16)20-22-18-12-5-4-11-17(18)19(23-20)14-7-2-1-3-8-14/h1-30H;5-21H,1-4H3;1-13H. The largest absolute Gasteiger partial charge is 0.494 e. The van der Waals surface area contributed by atoms with Crippen molar-refractivity contribution in [1.82, 2.24) is 39.9 Å². The van der Waals surface area contributed by atoms with Gasteiger partial charge in [-0.1, -0.05) is 307 Å². The summed E-state index contributed by atoms with van der Waals surface area (Å²) < 4.78 is 26.2. The fraction of sp³-hybridized carbons (Fsp3) is 0.0588. The Labute approximate surface area is 679 Å². The lowest BCUT2D eigenvalue weighted by atomic mass is 9.78. The molecule has 116 heavy (non-hydrogen) atoms. The van der Waals surface area contributed by atoms with E-state index in [1.807, 2.05) is 170 Å². The van der Waals surface area contributed by atoms with Crippen LogP contribution >= 0.6 is 15.9 Å². The summed E-state index contributed by atoms with van der Waals surface area (Å²) in [5.41, 5.74) is 24.6. The number of nitrogens with zero attached hydrogens (tertiary/aromatic N) is 8. The number of rotatable bonds is 12. The minimum Gasteiger partial charge on any atom is -0.452 e. The van der Waals surface area contributed by atoms with Gasteiger partial charge in [0.1, 0.15) is 33.6 Å². The molecule has 0 aliphatic carbocycles. The minimum absolute atomic E-state index is 0.392. The molecule has 0 N–H and O–H groups in total. The van der Waals surface area contributed by atoms with Crippen LogP contribution in [-0.2, 0) is 9.31 Å². The van der Waals surface area contributed by atoms with Gasteiger partial charge in [0.25, 0.3) is 0 Å². The first-order valence-electron chi connectivity index (χ1n) is 38.6. The molecule has 0 atom stereocenters. The van der Waals surface area contributed by atoms with Crippen LogP contribution in [0, 0.1) is 0 Å². The molecule has 0 bridgehead atoms. The molecule has 0 amide bonds. The van der Waals surface area contributed by atoms with Crippen molar-refractivity contribution >= 4 is 94.5 Å². The van der Waals surface area contributed by atoms with E-state index in [4.69, 9.17) is 58.0 Å². The van der Waals surface area contributed by atoms with Crippen molar-refractivity contribution in [2.75, 3.05) is 0 Å². The van der Waals surface area contributed by atoms with E-state index < -0.39 is 18.3 Å². The first-order chi connectivity index (χ1) is 56.8. The van der Waals surface area contributed by atoms with Gasteiger partial charge < -0.3 is 18.1 Å². The van der Waals surface area contributed by atoms with Gasteiger partial charge >= 0.3 is 7.12 Å². The number of benzene rings is 14. The Kier molecular flexibility index (Phi) is 19.2. The highest BCUT2D eigenvalue weighted by molar-refractivity contribution is 9.10. The highest BCUT2D eigenvalue weighted by Crippen LogP contribution is 2.42. The number of hydrogen-bond acceptors (Lipinski definition) is 12. The summed E-state index contributed by atoms with van der Waals surface area (Å²) in [4.78, 5) is 39.9. The molecule has 7 heterocycles. The monoisotopic (exact) mass is 1560 g/mol. The summed E-state index contributed by atoms with van der Waals surface area (Å²) in [7, 11) is -0.415. The summed E-state index contributed by atoms with van der Waals surface area (Å²) >= 11 is 3.52. The van der Waals surface area contributed by atoms with Crippen molar-refractivity contribution in [3.8, 4) is 124 Å². The van der Waals surface area contributed by atoms with Crippen LogP contribution in [0.25, 0.3) is 190 Å². The molecule has 554 valence electrons. The topological polar surface area (TPSA) is 148 Å². The maximum atomic E-state index is 6.33. The average molecular weight is 1560 g/mol. The minimum atomic E-state index is -0.415. The fourth-order valence-electron chi connectivity index (χ4n) is 14.9. The van der Waals surface area contributed by atoms with Crippen molar-refractivity contribution in [2.24, 2.45) is 0 Å². The molecule has 0 unspecified atom stereocenters. The predicted octanol–water partition coefficient (Wildman–Crippen LogP) is 25.7. The molecule has 0 spiro atoms. The van der Waals surface area contributed by atoms with E-state index >= 15 is 0 Å². The van der Waals surface area contributed by atoms with E-state index in [0.29, 0.717) is 28.6 Å². The first kappa shape index (κ1) is 72.2. The number of hydrogen-bond donors (Lipinski definition) is 0. The van der Waals surface area contributed by atoms with Crippen LogP contribution in [-0.4, -0.2) is 58.2 Å². The molecule has 21 rings (SSSR count). The number of aromatic nitrogens is 8. The Morgan fingerprint density at radius 3 is 0.922 bits per heavy atom. The average Bonchev–Trinajstić information content (AvgIpc) is 1.64. The predicted molar refractivity (Wildman–Crippen MR) is 474 cm³/mol. The molecular formula is C102H72BBrN8O4. The van der Waals surface area contributed by atoms with Gasteiger partial charge in [-0.2, -0.15) is 0 Å². The van der Waals surface area contributed by atoms with Crippen molar-refractivity contribution < 1.29 is 18.1 Å². The SMILES string of the molecule is Brc1cccc(-c2nc(-c3ccccc3)c3ccccc3n2)c1.CC1(C)OB(c2cccc(-c3cccc(-c4nc(-c5ccccc5)c5oc6ccccc6c5n4)c3)c2)OC1(C)C.c1ccc(-c2nc(-c3cccc(-c4cccc(-c5cccc(-c6nc(-c7ccccc7)c7oc8ccccc8c7n6)c5)c4)c3)nc3ccccc23)cc1. The van der Waals surface area contributed by atoms with Crippen LogP contribution in [0.2, 0.25) is 0 Å². The summed E-state index contributed by atoms with van der Waals surface area (Å²) in [6, 6.07) is 124. The lowest BCUT2D eigenvalue weighted by Gasteiger charge is -2.32. The van der Waals surface area contributed by atoms with Crippen LogP contribution < -0.4 is 5.46 Å². The molecule has 6 aromatic heterocycles. The van der Waals surface area contributed by atoms with Crippen LogP contribution in [0.4, 0.5) is 0 Å². The van der Waals surface area contributed by atoms with E-state index in [-0.39, 0.29) is 0 Å². The third-order valence-corrected chi connectivity index (χ3v) is 22.0. The number of fused-ring (bicyclic) bond motifs is 8. The maximum absolute atomic E-state index is 6.33. The molecule has 12 nitrogen and oxygen atoms in total. The van der Waals surface area contributed by atoms with E-state index in [0.717, 1.165) is 171 Å². The Bertz CT molecular complexity index is 7070. The van der Waals surface area contributed by atoms with E-state index in [9.17, 15) is 0 Å². The second-order valence-electron chi connectivity index (χ2n) is 29.7. The molecule has 14 aromatic carbocycles. The number of furan rings is 2. The summed E-state index contributed by atoms with van der Waals surface area (Å²) in [5, 5.41) is 4.05. The van der Waals surface area contributed by atoms with Crippen molar-refractivity contribution in [3.63, 3.8) is 0 Å². The maximum Gasteiger partial charge on any atom is 0.494 e. The third kappa shape index (κ3) is 14.4. The second kappa shape index (κ2) is 30.8. The zero-order chi connectivity index (χ0) is 78.3. The van der Waals surface area contributed by atoms with Crippen molar-refractivity contribution in [3.05, 3.63) is 368 Å². The van der Waals surface area contributed by atoms with Gasteiger partial charge in [0.15, 0.2) is 34.5 Å². The number of halogens is 1. The van der Waals surface area contributed by atoms with E-state index in [1.165, 1.54) is 0 Å². The first-order valence-corrected chi connectivity index (χ1v) is 39.4.